The third kappa shape index (κ3) is 5.03. The number of hydrogen-bond acceptors (Lipinski definition) is 5. The first-order chi connectivity index (χ1) is 14.2. The molecule has 0 saturated carbocycles. The third-order valence-electron chi connectivity index (χ3n) is 4.47. The van der Waals surface area contributed by atoms with Gasteiger partial charge in [-0.3, -0.25) is 5.43 Å². The van der Waals surface area contributed by atoms with Gasteiger partial charge in [0.1, 0.15) is 23.9 Å². The normalized spacial score (nSPS) is 14.3. The molecule has 1 aliphatic heterocycles. The van der Waals surface area contributed by atoms with Crippen molar-refractivity contribution in [2.75, 3.05) is 25.1 Å². The number of benzene rings is 2. The molecule has 1 aromatic heterocycles. The minimum Gasteiger partial charge on any atom is -0.490 e. The fraction of sp³-hybridized carbons (Fsp3) is 0.136. The Morgan fingerprint density at radius 3 is 2.62 bits per heavy atom. The number of halogens is 2. The predicted octanol–water partition coefficient (Wildman–Crippen LogP) is 5.39. The van der Waals surface area contributed by atoms with Crippen LogP contribution in [0, 0.1) is 5.82 Å². The highest BCUT2D eigenvalue weighted by Crippen LogP contribution is 2.26. The summed E-state index contributed by atoms with van der Waals surface area (Å²) in [6.07, 6.45) is 0. The fourth-order valence-electron chi connectivity index (χ4n) is 2.95. The topological polar surface area (TPSA) is 45.7 Å². The summed E-state index contributed by atoms with van der Waals surface area (Å²) in [6.45, 7) is 1.77. The maximum absolute atomic E-state index is 13.1. The lowest BCUT2D eigenvalue weighted by atomic mass is 10.1. The van der Waals surface area contributed by atoms with Crippen LogP contribution in [0.15, 0.2) is 76.9 Å². The number of thiophene rings is 1. The molecule has 0 fully saturated rings. The Hall–Kier alpha value is -2.67. The first-order valence-electron chi connectivity index (χ1n) is 9.12. The molecule has 2 heterocycles. The highest BCUT2D eigenvalue weighted by molar-refractivity contribution is 7.11. The lowest BCUT2D eigenvalue weighted by Gasteiger charge is -2.12. The second kappa shape index (κ2) is 9.22. The van der Waals surface area contributed by atoms with E-state index in [0.29, 0.717) is 23.9 Å². The van der Waals surface area contributed by atoms with Gasteiger partial charge in [0.25, 0.3) is 0 Å². The van der Waals surface area contributed by atoms with Crippen LogP contribution in [-0.2, 0) is 4.74 Å². The Morgan fingerprint density at radius 1 is 1.10 bits per heavy atom. The van der Waals surface area contributed by atoms with E-state index < -0.39 is 0 Å². The number of hydrogen-bond donors (Lipinski definition) is 2. The minimum absolute atomic E-state index is 0.289. The highest BCUT2D eigenvalue weighted by Gasteiger charge is 2.19. The van der Waals surface area contributed by atoms with Gasteiger partial charge in [0, 0.05) is 27.6 Å². The molecule has 0 aliphatic carbocycles. The van der Waals surface area contributed by atoms with Gasteiger partial charge >= 0.3 is 0 Å². The molecule has 29 heavy (non-hydrogen) atoms. The fourth-order valence-corrected chi connectivity index (χ4v) is 3.87. The van der Waals surface area contributed by atoms with E-state index in [-0.39, 0.29) is 5.82 Å². The van der Waals surface area contributed by atoms with Gasteiger partial charge in [-0.25, -0.2) is 4.39 Å². The number of nitrogens with zero attached hydrogens (tertiary/aromatic N) is 1. The Morgan fingerprint density at radius 2 is 1.90 bits per heavy atom. The van der Waals surface area contributed by atoms with Crippen molar-refractivity contribution in [3.05, 3.63) is 93.1 Å². The molecule has 0 amide bonds. The standard InChI is InChI=1S/C22H19ClFN3OS/c23-16-5-3-15(4-6-16)20(27-26-18-9-7-17(24)8-10-18)14-28-21-13-25-12-19(21)22-2-1-11-29-22/h1-11,25-26H,12-14H2. The predicted molar refractivity (Wildman–Crippen MR) is 118 cm³/mol. The van der Waals surface area contributed by atoms with Crippen LogP contribution < -0.4 is 10.7 Å². The van der Waals surface area contributed by atoms with Gasteiger partial charge in [0.05, 0.1) is 12.2 Å². The molecule has 0 bridgehead atoms. The average Bonchev–Trinajstić information content (AvgIpc) is 3.42. The van der Waals surface area contributed by atoms with Crippen molar-refractivity contribution >= 4 is 39.9 Å². The second-order valence-corrected chi connectivity index (χ2v) is 7.84. The third-order valence-corrected chi connectivity index (χ3v) is 5.65. The van der Waals surface area contributed by atoms with Gasteiger partial charge in [-0.2, -0.15) is 5.10 Å². The lowest BCUT2D eigenvalue weighted by Crippen LogP contribution is -2.15. The van der Waals surface area contributed by atoms with Crippen molar-refractivity contribution in [2.45, 2.75) is 0 Å². The molecule has 1 aliphatic rings. The van der Waals surface area contributed by atoms with E-state index in [1.165, 1.54) is 22.6 Å². The number of rotatable bonds is 7. The van der Waals surface area contributed by atoms with Gasteiger partial charge < -0.3 is 10.1 Å². The maximum atomic E-state index is 13.1. The zero-order chi connectivity index (χ0) is 20.1. The van der Waals surface area contributed by atoms with Gasteiger partial charge in [-0.05, 0) is 47.8 Å². The molecule has 0 saturated heterocycles. The van der Waals surface area contributed by atoms with E-state index in [9.17, 15) is 4.39 Å². The molecule has 4 rings (SSSR count). The Balaban J connectivity index is 1.55. The Bertz CT molecular complexity index is 1020. The van der Waals surface area contributed by atoms with E-state index in [0.717, 1.165) is 23.6 Å². The minimum atomic E-state index is -0.289. The summed E-state index contributed by atoms with van der Waals surface area (Å²) in [5.41, 5.74) is 6.47. The molecule has 7 heteroatoms. The molecule has 2 aromatic carbocycles. The molecule has 3 aromatic rings. The summed E-state index contributed by atoms with van der Waals surface area (Å²) in [5, 5.41) is 10.6. The molecule has 0 spiro atoms. The molecule has 2 N–H and O–H groups in total. The highest BCUT2D eigenvalue weighted by atomic mass is 35.5. The molecule has 148 valence electrons. The first kappa shape index (κ1) is 19.6. The van der Waals surface area contributed by atoms with Crippen molar-refractivity contribution in [1.29, 1.82) is 0 Å². The maximum Gasteiger partial charge on any atom is 0.132 e. The van der Waals surface area contributed by atoms with E-state index >= 15 is 0 Å². The van der Waals surface area contributed by atoms with Gasteiger partial charge in [0.15, 0.2) is 0 Å². The van der Waals surface area contributed by atoms with Gasteiger partial charge in [0.2, 0.25) is 0 Å². The van der Waals surface area contributed by atoms with Crippen LogP contribution in [0.4, 0.5) is 10.1 Å². The smallest absolute Gasteiger partial charge is 0.132 e. The monoisotopic (exact) mass is 427 g/mol. The van der Waals surface area contributed by atoms with E-state index in [2.05, 4.69) is 27.3 Å². The van der Waals surface area contributed by atoms with Gasteiger partial charge in [-0.1, -0.05) is 29.8 Å². The quantitative estimate of drug-likeness (QED) is 0.392. The molecule has 0 unspecified atom stereocenters. The van der Waals surface area contributed by atoms with Crippen LogP contribution >= 0.6 is 22.9 Å². The van der Waals surface area contributed by atoms with Crippen LogP contribution in [0.5, 0.6) is 0 Å². The lowest BCUT2D eigenvalue weighted by molar-refractivity contribution is 0.258. The molecule has 0 radical (unpaired) electrons. The van der Waals surface area contributed by atoms with Crippen LogP contribution in [0.1, 0.15) is 10.4 Å². The SMILES string of the molecule is Fc1ccc(NN=C(COC2=C(c3cccs3)CNC2)c2ccc(Cl)cc2)cc1. The van der Waals surface area contributed by atoms with Crippen molar-refractivity contribution in [1.82, 2.24) is 5.32 Å². The Kier molecular flexibility index (Phi) is 6.24. The van der Waals surface area contributed by atoms with E-state index in [1.807, 2.05) is 30.3 Å². The summed E-state index contributed by atoms with van der Waals surface area (Å²) in [7, 11) is 0. The number of nitrogens with one attached hydrogen (secondary N) is 2. The van der Waals surface area contributed by atoms with E-state index in [1.54, 1.807) is 23.5 Å². The molecule has 0 atom stereocenters. The first-order valence-corrected chi connectivity index (χ1v) is 10.4. The largest absolute Gasteiger partial charge is 0.490 e. The summed E-state index contributed by atoms with van der Waals surface area (Å²) in [4.78, 5) is 1.21. The molecular weight excluding hydrogens is 409 g/mol. The second-order valence-electron chi connectivity index (χ2n) is 6.46. The zero-order valence-corrected chi connectivity index (χ0v) is 17.1. The average molecular weight is 428 g/mol. The molecular formula is C22H19ClFN3OS. The van der Waals surface area contributed by atoms with Crippen LogP contribution in [0.2, 0.25) is 5.02 Å². The summed E-state index contributed by atoms with van der Waals surface area (Å²) >= 11 is 7.72. The number of anilines is 1. The molecule has 4 nitrogen and oxygen atoms in total. The Labute approximate surface area is 177 Å². The summed E-state index contributed by atoms with van der Waals surface area (Å²) in [6, 6.07) is 17.6. The zero-order valence-electron chi connectivity index (χ0n) is 15.5. The van der Waals surface area contributed by atoms with Crippen molar-refractivity contribution < 1.29 is 9.13 Å². The van der Waals surface area contributed by atoms with Crippen LogP contribution in [0.25, 0.3) is 5.57 Å². The van der Waals surface area contributed by atoms with Crippen molar-refractivity contribution in [3.8, 4) is 0 Å². The van der Waals surface area contributed by atoms with Crippen LogP contribution in [-0.4, -0.2) is 25.4 Å². The van der Waals surface area contributed by atoms with Crippen LogP contribution in [0.3, 0.4) is 0 Å². The summed E-state index contributed by atoms with van der Waals surface area (Å²) < 4.78 is 19.3. The number of ether oxygens (including phenoxy) is 1. The van der Waals surface area contributed by atoms with Crippen molar-refractivity contribution in [3.63, 3.8) is 0 Å². The van der Waals surface area contributed by atoms with Crippen molar-refractivity contribution in [2.24, 2.45) is 5.10 Å². The number of hydrazone groups is 1. The van der Waals surface area contributed by atoms with Gasteiger partial charge in [-0.15, -0.1) is 11.3 Å². The summed E-state index contributed by atoms with van der Waals surface area (Å²) in [5.74, 6) is 0.637. The van der Waals surface area contributed by atoms with E-state index in [4.69, 9.17) is 16.3 Å².